The molecule has 2 atom stereocenters. The summed E-state index contributed by atoms with van der Waals surface area (Å²) in [6, 6.07) is 12.4. The molecule has 2 aromatic carbocycles. The lowest BCUT2D eigenvalue weighted by Gasteiger charge is -2.40. The first-order chi connectivity index (χ1) is 16.4. The Labute approximate surface area is 196 Å². The van der Waals surface area contributed by atoms with Crippen molar-refractivity contribution < 1.29 is 28.7 Å². The highest BCUT2D eigenvalue weighted by molar-refractivity contribution is 6.04. The Balaban J connectivity index is 1.63. The van der Waals surface area contributed by atoms with Crippen molar-refractivity contribution in [2.24, 2.45) is 0 Å². The third-order valence-corrected chi connectivity index (χ3v) is 6.30. The first-order valence-corrected chi connectivity index (χ1v) is 11.3. The number of urea groups is 1. The van der Waals surface area contributed by atoms with Crippen LogP contribution in [0.25, 0.3) is 0 Å². The standard InChI is InChI=1S/C25H26FN3O5/c26-15-22(30)18(14-23(31)32)27-24(33)21-11-5-6-12-28(21)25(34)29-19-9-3-1-7-16(19)13-17-8-2-4-10-20(17)29/h1-4,7-10,18,21H,5-6,11-15H2,(H,27,33)(H,31,32). The Morgan fingerprint density at radius 3 is 2.21 bits per heavy atom. The number of carbonyl (C=O) groups excluding carboxylic acids is 3. The van der Waals surface area contributed by atoms with E-state index in [0.717, 1.165) is 22.5 Å². The number of likely N-dealkylation sites (tertiary alicyclic amines) is 1. The molecule has 2 unspecified atom stereocenters. The number of carboxylic acid groups (broad SMARTS) is 1. The maximum absolute atomic E-state index is 13.9. The summed E-state index contributed by atoms with van der Waals surface area (Å²) >= 11 is 0. The third kappa shape index (κ3) is 4.64. The molecule has 0 bridgehead atoms. The van der Waals surface area contributed by atoms with Crippen molar-refractivity contribution in [2.75, 3.05) is 18.1 Å². The maximum Gasteiger partial charge on any atom is 0.329 e. The van der Waals surface area contributed by atoms with E-state index in [1.807, 2.05) is 48.5 Å². The number of fused-ring (bicyclic) bond motifs is 2. The van der Waals surface area contributed by atoms with Crippen molar-refractivity contribution in [3.63, 3.8) is 0 Å². The van der Waals surface area contributed by atoms with Crippen LogP contribution < -0.4 is 10.2 Å². The Kier molecular flexibility index (Phi) is 6.90. The van der Waals surface area contributed by atoms with Gasteiger partial charge in [-0.25, -0.2) is 9.18 Å². The maximum atomic E-state index is 13.9. The smallest absolute Gasteiger partial charge is 0.329 e. The second kappa shape index (κ2) is 10.0. The molecule has 34 heavy (non-hydrogen) atoms. The lowest BCUT2D eigenvalue weighted by atomic mass is 9.95. The molecule has 1 fully saturated rings. The topological polar surface area (TPSA) is 107 Å². The van der Waals surface area contributed by atoms with Gasteiger partial charge in [0.05, 0.1) is 17.8 Å². The Morgan fingerprint density at radius 1 is 1.00 bits per heavy atom. The van der Waals surface area contributed by atoms with Gasteiger partial charge in [0.1, 0.15) is 18.8 Å². The van der Waals surface area contributed by atoms with Gasteiger partial charge in [0.25, 0.3) is 0 Å². The Bertz CT molecular complexity index is 1080. The minimum atomic E-state index is -1.48. The zero-order valence-corrected chi connectivity index (χ0v) is 18.6. The average molecular weight is 467 g/mol. The van der Waals surface area contributed by atoms with Gasteiger partial charge in [-0.3, -0.25) is 19.3 Å². The number of hydrogen-bond acceptors (Lipinski definition) is 4. The highest BCUT2D eigenvalue weighted by atomic mass is 19.1. The zero-order valence-electron chi connectivity index (χ0n) is 18.6. The molecule has 2 heterocycles. The van der Waals surface area contributed by atoms with Crippen LogP contribution in [0.1, 0.15) is 36.8 Å². The van der Waals surface area contributed by atoms with Gasteiger partial charge in [-0.05, 0) is 42.5 Å². The number of hydrogen-bond donors (Lipinski definition) is 2. The summed E-state index contributed by atoms with van der Waals surface area (Å²) in [5.74, 6) is -2.99. The van der Waals surface area contributed by atoms with Crippen molar-refractivity contribution in [1.29, 1.82) is 0 Å². The fraction of sp³-hybridized carbons (Fsp3) is 0.360. The van der Waals surface area contributed by atoms with Gasteiger partial charge in [0, 0.05) is 13.0 Å². The predicted molar refractivity (Wildman–Crippen MR) is 123 cm³/mol. The molecule has 0 aromatic heterocycles. The number of nitrogens with one attached hydrogen (secondary N) is 1. The monoisotopic (exact) mass is 467 g/mol. The minimum Gasteiger partial charge on any atom is -0.481 e. The van der Waals surface area contributed by atoms with E-state index in [4.69, 9.17) is 5.11 Å². The van der Waals surface area contributed by atoms with E-state index in [-0.39, 0.29) is 6.03 Å². The van der Waals surface area contributed by atoms with Crippen molar-refractivity contribution >= 4 is 35.1 Å². The van der Waals surface area contributed by atoms with Crippen LogP contribution in [0.5, 0.6) is 0 Å². The van der Waals surface area contributed by atoms with Crippen molar-refractivity contribution in [1.82, 2.24) is 10.2 Å². The first-order valence-electron chi connectivity index (χ1n) is 11.3. The number of aliphatic carboxylic acids is 1. The average Bonchev–Trinajstić information content (AvgIpc) is 2.85. The molecule has 178 valence electrons. The van der Waals surface area contributed by atoms with E-state index in [1.54, 1.807) is 4.90 Å². The number of anilines is 2. The summed E-state index contributed by atoms with van der Waals surface area (Å²) in [4.78, 5) is 53.1. The molecule has 0 aliphatic carbocycles. The molecule has 0 radical (unpaired) electrons. The van der Waals surface area contributed by atoms with E-state index in [9.17, 15) is 23.6 Å². The number of para-hydroxylation sites is 2. The van der Waals surface area contributed by atoms with Crippen LogP contribution in [0.2, 0.25) is 0 Å². The van der Waals surface area contributed by atoms with E-state index >= 15 is 0 Å². The van der Waals surface area contributed by atoms with Crippen LogP contribution in [0.3, 0.4) is 0 Å². The summed E-state index contributed by atoms with van der Waals surface area (Å²) in [5.41, 5.74) is 3.46. The minimum absolute atomic E-state index is 0.332. The molecule has 2 aliphatic rings. The normalized spacial score (nSPS) is 17.9. The second-order valence-electron chi connectivity index (χ2n) is 8.52. The number of carbonyl (C=O) groups is 4. The van der Waals surface area contributed by atoms with E-state index < -0.39 is 42.8 Å². The van der Waals surface area contributed by atoms with Crippen LogP contribution in [0.4, 0.5) is 20.6 Å². The van der Waals surface area contributed by atoms with Gasteiger partial charge in [-0.2, -0.15) is 0 Å². The number of carboxylic acids is 1. The molecule has 0 saturated carbocycles. The van der Waals surface area contributed by atoms with Crippen molar-refractivity contribution in [3.8, 4) is 0 Å². The lowest BCUT2D eigenvalue weighted by Crippen LogP contribution is -2.57. The van der Waals surface area contributed by atoms with Gasteiger partial charge < -0.3 is 15.3 Å². The number of Topliss-reactive ketones (excluding diaryl/α,β-unsaturated/α-hetero) is 1. The number of alkyl halides is 1. The summed E-state index contributed by atoms with van der Waals surface area (Å²) in [6.07, 6.45) is 1.72. The molecule has 2 aliphatic heterocycles. The van der Waals surface area contributed by atoms with Gasteiger partial charge >= 0.3 is 12.0 Å². The summed E-state index contributed by atoms with van der Waals surface area (Å²) in [5, 5.41) is 11.4. The first kappa shape index (κ1) is 23.4. The number of benzene rings is 2. The molecule has 2 aromatic rings. The number of piperidine rings is 1. The fourth-order valence-electron chi connectivity index (χ4n) is 4.64. The summed E-state index contributed by atoms with van der Waals surface area (Å²) < 4.78 is 12.9. The number of amides is 3. The predicted octanol–water partition coefficient (Wildman–Crippen LogP) is 3.20. The number of halogens is 1. The van der Waals surface area contributed by atoms with Crippen molar-refractivity contribution in [2.45, 2.75) is 44.2 Å². The number of ketones is 1. The number of rotatable bonds is 6. The summed E-state index contributed by atoms with van der Waals surface area (Å²) in [6.45, 7) is -1.05. The van der Waals surface area contributed by atoms with Gasteiger partial charge in [-0.15, -0.1) is 0 Å². The molecule has 4 rings (SSSR count). The van der Waals surface area contributed by atoms with Gasteiger partial charge in [0.2, 0.25) is 5.91 Å². The molecular weight excluding hydrogens is 441 g/mol. The number of nitrogens with zero attached hydrogens (tertiary/aromatic N) is 2. The van der Waals surface area contributed by atoms with Crippen molar-refractivity contribution in [3.05, 3.63) is 59.7 Å². The molecule has 9 heteroatoms. The Morgan fingerprint density at radius 2 is 1.62 bits per heavy atom. The summed E-state index contributed by atoms with van der Waals surface area (Å²) in [7, 11) is 0. The second-order valence-corrected chi connectivity index (χ2v) is 8.52. The quantitative estimate of drug-likeness (QED) is 0.679. The molecular formula is C25H26FN3O5. The van der Waals surface area contributed by atoms with E-state index in [0.29, 0.717) is 32.2 Å². The molecule has 8 nitrogen and oxygen atoms in total. The molecule has 0 spiro atoms. The highest BCUT2D eigenvalue weighted by Gasteiger charge is 2.39. The van der Waals surface area contributed by atoms with E-state index in [2.05, 4.69) is 5.32 Å². The molecule has 1 saturated heterocycles. The van der Waals surface area contributed by atoms with Crippen LogP contribution in [0.15, 0.2) is 48.5 Å². The third-order valence-electron chi connectivity index (χ3n) is 6.30. The lowest BCUT2D eigenvalue weighted by molar-refractivity contribution is -0.140. The fourth-order valence-corrected chi connectivity index (χ4v) is 4.64. The van der Waals surface area contributed by atoms with E-state index in [1.165, 1.54) is 4.90 Å². The SMILES string of the molecule is O=C(O)CC(NC(=O)C1CCCCN1C(=O)N1c2ccccc2Cc2ccccc21)C(=O)CF. The van der Waals surface area contributed by atoms with Crippen LogP contribution >= 0.6 is 0 Å². The van der Waals surface area contributed by atoms with Crippen LogP contribution in [0, 0.1) is 0 Å². The van der Waals surface area contributed by atoms with Crippen LogP contribution in [-0.2, 0) is 20.8 Å². The van der Waals surface area contributed by atoms with Gasteiger partial charge in [-0.1, -0.05) is 36.4 Å². The van der Waals surface area contributed by atoms with Crippen LogP contribution in [-0.4, -0.2) is 59.0 Å². The van der Waals surface area contributed by atoms with Gasteiger partial charge in [0.15, 0.2) is 5.78 Å². The largest absolute Gasteiger partial charge is 0.481 e. The molecule has 2 N–H and O–H groups in total. The molecule has 3 amide bonds. The zero-order chi connectivity index (χ0) is 24.2. The Hall–Kier alpha value is -3.75. The highest BCUT2D eigenvalue weighted by Crippen LogP contribution is 2.39.